The number of hydrogen-bond donors (Lipinski definition) is 2. The van der Waals surface area contributed by atoms with Gasteiger partial charge in [0.2, 0.25) is 0 Å². The number of rotatable bonds is 8. The summed E-state index contributed by atoms with van der Waals surface area (Å²) in [4.78, 5) is 10.9. The Hall–Kier alpha value is -0.220. The van der Waals surface area contributed by atoms with Gasteiger partial charge in [0, 0.05) is 0 Å². The molecular weight excluding hydrogens is 198 g/mol. The van der Waals surface area contributed by atoms with Crippen LogP contribution in [0.5, 0.6) is 0 Å². The van der Waals surface area contributed by atoms with E-state index in [1.807, 2.05) is 6.26 Å². The molecule has 14 heavy (non-hydrogen) atoms. The van der Waals surface area contributed by atoms with Crippen molar-refractivity contribution < 1.29 is 9.90 Å². The van der Waals surface area contributed by atoms with Crippen molar-refractivity contribution >= 4 is 17.7 Å². The molecule has 1 unspecified atom stereocenters. The number of aliphatic carboxylic acids is 1. The molecule has 0 bridgehead atoms. The second-order valence-electron chi connectivity index (χ2n) is 3.88. The molecule has 0 saturated heterocycles. The highest BCUT2D eigenvalue weighted by molar-refractivity contribution is 7.98. The summed E-state index contributed by atoms with van der Waals surface area (Å²) in [5, 5.41) is 12.1. The number of carboxylic acids is 1. The van der Waals surface area contributed by atoms with Gasteiger partial charge in [-0.15, -0.1) is 0 Å². The maximum Gasteiger partial charge on any atom is 0.320 e. The van der Waals surface area contributed by atoms with Crippen LogP contribution in [0.1, 0.15) is 25.7 Å². The van der Waals surface area contributed by atoms with Crippen molar-refractivity contribution in [3.05, 3.63) is 0 Å². The van der Waals surface area contributed by atoms with Gasteiger partial charge in [0.15, 0.2) is 0 Å². The normalized spacial score (nSPS) is 18.1. The zero-order valence-electron chi connectivity index (χ0n) is 8.66. The van der Waals surface area contributed by atoms with Crippen LogP contribution in [0.2, 0.25) is 0 Å². The molecule has 4 heteroatoms. The lowest BCUT2D eigenvalue weighted by Crippen LogP contribution is -2.37. The summed E-state index contributed by atoms with van der Waals surface area (Å²) in [5.74, 6) is 1.10. The molecule has 1 aliphatic rings. The van der Waals surface area contributed by atoms with Crippen molar-refractivity contribution in [3.8, 4) is 0 Å². The highest BCUT2D eigenvalue weighted by atomic mass is 32.2. The average Bonchev–Trinajstić information content (AvgIpc) is 2.94. The third kappa shape index (κ3) is 4.86. The fourth-order valence-corrected chi connectivity index (χ4v) is 1.83. The van der Waals surface area contributed by atoms with Gasteiger partial charge in [-0.1, -0.05) is 0 Å². The number of hydrogen-bond acceptors (Lipinski definition) is 3. The van der Waals surface area contributed by atoms with Crippen LogP contribution in [-0.2, 0) is 4.79 Å². The number of carboxylic acid groups (broad SMARTS) is 1. The van der Waals surface area contributed by atoms with Gasteiger partial charge in [-0.25, -0.2) is 0 Å². The van der Waals surface area contributed by atoms with E-state index in [0.717, 1.165) is 31.1 Å². The Kier molecular flexibility index (Phi) is 5.33. The molecule has 0 spiro atoms. The van der Waals surface area contributed by atoms with E-state index in [9.17, 15) is 4.79 Å². The van der Waals surface area contributed by atoms with Crippen molar-refractivity contribution in [1.82, 2.24) is 5.32 Å². The molecule has 0 aliphatic heterocycles. The zero-order chi connectivity index (χ0) is 10.4. The van der Waals surface area contributed by atoms with Gasteiger partial charge in [-0.05, 0) is 50.2 Å². The predicted octanol–water partition coefficient (Wildman–Crippen LogP) is 1.58. The van der Waals surface area contributed by atoms with Crippen molar-refractivity contribution in [1.29, 1.82) is 0 Å². The first kappa shape index (κ1) is 11.9. The first-order valence-corrected chi connectivity index (χ1v) is 6.58. The Balaban J connectivity index is 2.12. The quantitative estimate of drug-likeness (QED) is 0.606. The van der Waals surface area contributed by atoms with Crippen molar-refractivity contribution in [2.75, 3.05) is 18.6 Å². The smallest absolute Gasteiger partial charge is 0.320 e. The SMILES string of the molecule is CSCCCC(NCC1CC1)C(=O)O. The fraction of sp³-hybridized carbons (Fsp3) is 0.900. The molecule has 0 aromatic heterocycles. The molecule has 1 fully saturated rings. The van der Waals surface area contributed by atoms with Gasteiger partial charge < -0.3 is 10.4 Å². The van der Waals surface area contributed by atoms with E-state index in [0.29, 0.717) is 0 Å². The second kappa shape index (κ2) is 6.30. The van der Waals surface area contributed by atoms with Crippen molar-refractivity contribution in [2.24, 2.45) is 5.92 Å². The molecule has 1 atom stereocenters. The monoisotopic (exact) mass is 217 g/mol. The third-order valence-electron chi connectivity index (χ3n) is 2.49. The van der Waals surface area contributed by atoms with Crippen LogP contribution in [0.4, 0.5) is 0 Å². The van der Waals surface area contributed by atoms with Crippen molar-refractivity contribution in [3.63, 3.8) is 0 Å². The Morgan fingerprint density at radius 1 is 1.64 bits per heavy atom. The summed E-state index contributed by atoms with van der Waals surface area (Å²) >= 11 is 1.77. The highest BCUT2D eigenvalue weighted by Gasteiger charge is 2.24. The lowest BCUT2D eigenvalue weighted by atomic mass is 10.1. The molecule has 0 heterocycles. The van der Waals surface area contributed by atoms with E-state index in [2.05, 4.69) is 5.32 Å². The molecule has 0 aromatic carbocycles. The zero-order valence-corrected chi connectivity index (χ0v) is 9.48. The lowest BCUT2D eigenvalue weighted by Gasteiger charge is -2.13. The second-order valence-corrected chi connectivity index (χ2v) is 4.86. The Labute approximate surface area is 89.6 Å². The van der Waals surface area contributed by atoms with Gasteiger partial charge in [0.1, 0.15) is 6.04 Å². The summed E-state index contributed by atoms with van der Waals surface area (Å²) in [6, 6.07) is -0.331. The summed E-state index contributed by atoms with van der Waals surface area (Å²) in [5.41, 5.74) is 0. The predicted molar refractivity (Wildman–Crippen MR) is 59.8 cm³/mol. The molecule has 0 aromatic rings. The van der Waals surface area contributed by atoms with E-state index in [4.69, 9.17) is 5.11 Å². The Morgan fingerprint density at radius 3 is 2.86 bits per heavy atom. The van der Waals surface area contributed by atoms with E-state index in [1.165, 1.54) is 12.8 Å². The summed E-state index contributed by atoms with van der Waals surface area (Å²) < 4.78 is 0. The van der Waals surface area contributed by atoms with Gasteiger partial charge in [-0.3, -0.25) is 4.79 Å². The molecule has 2 N–H and O–H groups in total. The van der Waals surface area contributed by atoms with Gasteiger partial charge in [0.25, 0.3) is 0 Å². The molecule has 0 amide bonds. The van der Waals surface area contributed by atoms with Crippen LogP contribution >= 0.6 is 11.8 Å². The standard InChI is InChI=1S/C10H19NO2S/c1-14-6-2-3-9(10(12)13)11-7-8-4-5-8/h8-9,11H,2-7H2,1H3,(H,12,13). The van der Waals surface area contributed by atoms with E-state index < -0.39 is 5.97 Å². The van der Waals surface area contributed by atoms with E-state index in [-0.39, 0.29) is 6.04 Å². The molecule has 1 saturated carbocycles. The molecule has 1 aliphatic carbocycles. The maximum atomic E-state index is 10.9. The number of nitrogens with one attached hydrogen (secondary N) is 1. The maximum absolute atomic E-state index is 10.9. The molecule has 3 nitrogen and oxygen atoms in total. The van der Waals surface area contributed by atoms with Gasteiger partial charge in [0.05, 0.1) is 0 Å². The van der Waals surface area contributed by atoms with E-state index in [1.54, 1.807) is 11.8 Å². The number of thioether (sulfide) groups is 1. The van der Waals surface area contributed by atoms with Crippen molar-refractivity contribution in [2.45, 2.75) is 31.7 Å². The first-order valence-electron chi connectivity index (χ1n) is 5.19. The minimum absolute atomic E-state index is 0.331. The van der Waals surface area contributed by atoms with Crippen LogP contribution in [0.15, 0.2) is 0 Å². The summed E-state index contributed by atoms with van der Waals surface area (Å²) in [6.07, 6.45) is 6.32. The largest absolute Gasteiger partial charge is 0.480 e. The minimum atomic E-state index is -0.702. The molecule has 1 rings (SSSR count). The number of carbonyl (C=O) groups is 1. The lowest BCUT2D eigenvalue weighted by molar-refractivity contribution is -0.139. The first-order chi connectivity index (χ1) is 6.74. The topological polar surface area (TPSA) is 49.3 Å². The fourth-order valence-electron chi connectivity index (χ4n) is 1.38. The average molecular weight is 217 g/mol. The van der Waals surface area contributed by atoms with Crippen LogP contribution in [0.3, 0.4) is 0 Å². The Bertz CT molecular complexity index is 183. The van der Waals surface area contributed by atoms with E-state index >= 15 is 0 Å². The summed E-state index contributed by atoms with van der Waals surface area (Å²) in [6.45, 7) is 0.885. The highest BCUT2D eigenvalue weighted by Crippen LogP contribution is 2.27. The van der Waals surface area contributed by atoms with Crippen LogP contribution in [-0.4, -0.2) is 35.7 Å². The van der Waals surface area contributed by atoms with Gasteiger partial charge >= 0.3 is 5.97 Å². The van der Waals surface area contributed by atoms with Crippen LogP contribution in [0.25, 0.3) is 0 Å². The molecule has 0 radical (unpaired) electrons. The van der Waals surface area contributed by atoms with Gasteiger partial charge in [-0.2, -0.15) is 11.8 Å². The van der Waals surface area contributed by atoms with Crippen LogP contribution in [0, 0.1) is 5.92 Å². The minimum Gasteiger partial charge on any atom is -0.480 e. The summed E-state index contributed by atoms with van der Waals surface area (Å²) in [7, 11) is 0. The third-order valence-corrected chi connectivity index (χ3v) is 3.19. The van der Waals surface area contributed by atoms with Crippen LogP contribution < -0.4 is 5.32 Å². The molecule has 82 valence electrons. The molecular formula is C10H19NO2S. The Morgan fingerprint density at radius 2 is 2.36 bits per heavy atom.